The fraction of sp³-hybridized carbons (Fsp3) is 0.750. The van der Waals surface area contributed by atoms with E-state index in [0.717, 1.165) is 23.7 Å². The molecule has 0 amide bonds. The molecule has 0 atom stereocenters. The molecule has 0 radical (unpaired) electrons. The molecular formula is C8H11N3S. The Kier molecular flexibility index (Phi) is 1.20. The van der Waals surface area contributed by atoms with Crippen LogP contribution in [0.3, 0.4) is 0 Å². The quantitative estimate of drug-likeness (QED) is 0.749. The third-order valence-corrected chi connectivity index (χ3v) is 3.55. The van der Waals surface area contributed by atoms with Crippen LogP contribution >= 0.6 is 11.5 Å². The summed E-state index contributed by atoms with van der Waals surface area (Å²) in [7, 11) is 0. The van der Waals surface area contributed by atoms with E-state index in [1.165, 1.54) is 24.4 Å². The lowest BCUT2D eigenvalue weighted by atomic mass is 10.3. The predicted molar refractivity (Wildman–Crippen MR) is 47.0 cm³/mol. The second kappa shape index (κ2) is 2.06. The molecule has 2 aliphatic carbocycles. The SMILES string of the molecule is NC1(c2nc(C3CC3)ns2)CC1. The molecule has 2 saturated carbocycles. The van der Waals surface area contributed by atoms with Gasteiger partial charge in [0.2, 0.25) is 0 Å². The lowest BCUT2D eigenvalue weighted by Crippen LogP contribution is -2.18. The van der Waals surface area contributed by atoms with Gasteiger partial charge in [-0.05, 0) is 37.2 Å². The number of nitrogens with zero attached hydrogens (tertiary/aromatic N) is 2. The largest absolute Gasteiger partial charge is 0.319 e. The van der Waals surface area contributed by atoms with Gasteiger partial charge in [0.1, 0.15) is 10.8 Å². The molecule has 1 aromatic heterocycles. The van der Waals surface area contributed by atoms with E-state index in [1.54, 1.807) is 0 Å². The molecule has 3 rings (SSSR count). The Hall–Kier alpha value is -0.480. The Morgan fingerprint density at radius 1 is 1.42 bits per heavy atom. The number of nitrogens with two attached hydrogens (primary N) is 1. The van der Waals surface area contributed by atoms with E-state index in [4.69, 9.17) is 5.73 Å². The van der Waals surface area contributed by atoms with Crippen molar-refractivity contribution in [3.8, 4) is 0 Å². The van der Waals surface area contributed by atoms with Crippen LogP contribution in [0.5, 0.6) is 0 Å². The number of hydrogen-bond acceptors (Lipinski definition) is 4. The first-order valence-corrected chi connectivity index (χ1v) is 5.18. The van der Waals surface area contributed by atoms with Gasteiger partial charge >= 0.3 is 0 Å². The molecule has 1 heterocycles. The fourth-order valence-electron chi connectivity index (χ4n) is 1.29. The van der Waals surface area contributed by atoms with Gasteiger partial charge in [-0.15, -0.1) is 0 Å². The van der Waals surface area contributed by atoms with Crippen molar-refractivity contribution in [1.82, 2.24) is 9.36 Å². The minimum atomic E-state index is -0.0786. The van der Waals surface area contributed by atoms with Crippen LogP contribution in [-0.2, 0) is 5.54 Å². The summed E-state index contributed by atoms with van der Waals surface area (Å²) in [6, 6.07) is 0. The maximum atomic E-state index is 6.01. The molecule has 2 N–H and O–H groups in total. The van der Waals surface area contributed by atoms with Gasteiger partial charge in [-0.2, -0.15) is 4.37 Å². The standard InChI is InChI=1S/C8H11N3S/c9-8(3-4-8)7-10-6(11-12-7)5-1-2-5/h5H,1-4,9H2. The van der Waals surface area contributed by atoms with E-state index in [-0.39, 0.29) is 5.54 Å². The van der Waals surface area contributed by atoms with Crippen LogP contribution in [-0.4, -0.2) is 9.36 Å². The molecule has 0 saturated heterocycles. The highest BCUT2D eigenvalue weighted by atomic mass is 32.1. The zero-order valence-corrected chi connectivity index (χ0v) is 7.60. The Balaban J connectivity index is 1.91. The first-order valence-electron chi connectivity index (χ1n) is 4.41. The van der Waals surface area contributed by atoms with Gasteiger partial charge in [0, 0.05) is 5.92 Å². The molecule has 0 aromatic carbocycles. The van der Waals surface area contributed by atoms with Gasteiger partial charge in [-0.3, -0.25) is 0 Å². The van der Waals surface area contributed by atoms with E-state index in [1.807, 2.05) is 0 Å². The summed E-state index contributed by atoms with van der Waals surface area (Å²) in [4.78, 5) is 4.49. The van der Waals surface area contributed by atoms with E-state index < -0.39 is 0 Å². The van der Waals surface area contributed by atoms with Gasteiger partial charge in [-0.1, -0.05) is 0 Å². The van der Waals surface area contributed by atoms with Crippen LogP contribution in [0.2, 0.25) is 0 Å². The molecule has 0 unspecified atom stereocenters. The summed E-state index contributed by atoms with van der Waals surface area (Å²) in [5.74, 6) is 1.71. The van der Waals surface area contributed by atoms with Gasteiger partial charge in [0.25, 0.3) is 0 Å². The maximum absolute atomic E-state index is 6.01. The zero-order chi connectivity index (χ0) is 8.18. The van der Waals surface area contributed by atoms with Crippen molar-refractivity contribution < 1.29 is 0 Å². The van der Waals surface area contributed by atoms with Crippen LogP contribution in [0, 0.1) is 0 Å². The van der Waals surface area contributed by atoms with Crippen molar-refractivity contribution in [2.45, 2.75) is 37.1 Å². The van der Waals surface area contributed by atoms with Crippen LogP contribution in [0.1, 0.15) is 42.4 Å². The summed E-state index contributed by atoms with van der Waals surface area (Å²) in [5, 5.41) is 1.06. The van der Waals surface area contributed by atoms with Crippen molar-refractivity contribution in [1.29, 1.82) is 0 Å². The van der Waals surface area contributed by atoms with Crippen molar-refractivity contribution in [2.75, 3.05) is 0 Å². The van der Waals surface area contributed by atoms with Crippen LogP contribution in [0.15, 0.2) is 0 Å². The smallest absolute Gasteiger partial charge is 0.145 e. The molecule has 4 heteroatoms. The molecule has 1 aromatic rings. The highest BCUT2D eigenvalue weighted by Gasteiger charge is 2.44. The molecular weight excluding hydrogens is 170 g/mol. The zero-order valence-electron chi connectivity index (χ0n) is 6.79. The van der Waals surface area contributed by atoms with Crippen molar-refractivity contribution in [3.63, 3.8) is 0 Å². The monoisotopic (exact) mass is 181 g/mol. The maximum Gasteiger partial charge on any atom is 0.145 e. The topological polar surface area (TPSA) is 51.8 Å². The molecule has 64 valence electrons. The summed E-state index contributed by atoms with van der Waals surface area (Å²) < 4.78 is 4.34. The summed E-state index contributed by atoms with van der Waals surface area (Å²) >= 11 is 1.50. The average Bonchev–Trinajstić information content (AvgIpc) is 2.97. The Morgan fingerprint density at radius 2 is 2.17 bits per heavy atom. The van der Waals surface area contributed by atoms with Crippen LogP contribution in [0.25, 0.3) is 0 Å². The fourth-order valence-corrected chi connectivity index (χ4v) is 2.18. The minimum Gasteiger partial charge on any atom is -0.319 e. The van der Waals surface area contributed by atoms with E-state index >= 15 is 0 Å². The van der Waals surface area contributed by atoms with Crippen molar-refractivity contribution >= 4 is 11.5 Å². The molecule has 3 nitrogen and oxygen atoms in total. The summed E-state index contributed by atoms with van der Waals surface area (Å²) in [5.41, 5.74) is 5.93. The van der Waals surface area contributed by atoms with Gasteiger partial charge in [-0.25, -0.2) is 4.98 Å². The molecule has 0 bridgehead atoms. The molecule has 12 heavy (non-hydrogen) atoms. The Morgan fingerprint density at radius 3 is 2.75 bits per heavy atom. The van der Waals surface area contributed by atoms with E-state index in [2.05, 4.69) is 9.36 Å². The predicted octanol–water partition coefficient (Wildman–Crippen LogP) is 1.36. The second-order valence-corrected chi connectivity index (χ2v) is 4.64. The molecule has 0 aliphatic heterocycles. The lowest BCUT2D eigenvalue weighted by Gasteiger charge is -1.99. The highest BCUT2D eigenvalue weighted by molar-refractivity contribution is 7.05. The number of rotatable bonds is 2. The first kappa shape index (κ1) is 6.97. The Labute approximate surface area is 75.2 Å². The van der Waals surface area contributed by atoms with E-state index in [9.17, 15) is 0 Å². The van der Waals surface area contributed by atoms with E-state index in [0.29, 0.717) is 5.92 Å². The third-order valence-electron chi connectivity index (χ3n) is 2.60. The third kappa shape index (κ3) is 0.983. The van der Waals surface area contributed by atoms with Crippen molar-refractivity contribution in [2.24, 2.45) is 5.73 Å². The molecule has 0 spiro atoms. The summed E-state index contributed by atoms with van der Waals surface area (Å²) in [6.07, 6.45) is 4.72. The number of hydrogen-bond donors (Lipinski definition) is 1. The Bertz CT molecular complexity index is 312. The lowest BCUT2D eigenvalue weighted by molar-refractivity contribution is 0.724. The van der Waals surface area contributed by atoms with Crippen molar-refractivity contribution in [3.05, 3.63) is 10.8 Å². The highest BCUT2D eigenvalue weighted by Crippen LogP contribution is 2.45. The average molecular weight is 181 g/mol. The normalized spacial score (nSPS) is 25.8. The van der Waals surface area contributed by atoms with Gasteiger partial charge in [0.05, 0.1) is 5.54 Å². The molecule has 2 fully saturated rings. The van der Waals surface area contributed by atoms with Gasteiger partial charge < -0.3 is 5.73 Å². The van der Waals surface area contributed by atoms with Crippen LogP contribution < -0.4 is 5.73 Å². The minimum absolute atomic E-state index is 0.0786. The van der Waals surface area contributed by atoms with Gasteiger partial charge in [0.15, 0.2) is 0 Å². The first-order chi connectivity index (χ1) is 5.78. The molecule has 2 aliphatic rings. The number of aromatic nitrogens is 2. The summed E-state index contributed by atoms with van der Waals surface area (Å²) in [6.45, 7) is 0. The second-order valence-electron chi connectivity index (χ2n) is 3.89. The van der Waals surface area contributed by atoms with Crippen LogP contribution in [0.4, 0.5) is 0 Å².